The number of carbonyl (C=O) groups excluding carboxylic acids is 1. The van der Waals surface area contributed by atoms with Gasteiger partial charge in [0.2, 0.25) is 6.41 Å². The Balaban J connectivity index is 2.41. The molecule has 0 spiro atoms. The molecule has 3 heteroatoms. The first kappa shape index (κ1) is 9.84. The molecule has 13 heavy (non-hydrogen) atoms. The number of hydrogen-bond acceptors (Lipinski definition) is 2. The van der Waals surface area contributed by atoms with E-state index in [0.717, 1.165) is 25.1 Å². The summed E-state index contributed by atoms with van der Waals surface area (Å²) in [7, 11) is 0. The maximum atomic E-state index is 10.2. The number of nitrogens with zero attached hydrogens (tertiary/aromatic N) is 1. The van der Waals surface area contributed by atoms with Gasteiger partial charge in [0, 0.05) is 24.9 Å². The number of unbranched alkanes of at least 4 members (excludes halogenated alkanes) is 1. The van der Waals surface area contributed by atoms with Crippen LogP contribution in [0, 0.1) is 0 Å². The molecular weight excluding hydrogens is 164 g/mol. The number of allylic oxidation sites excluding steroid dienone is 1. The lowest BCUT2D eigenvalue weighted by molar-refractivity contribution is -0.109. The number of rotatable bonds is 5. The van der Waals surface area contributed by atoms with E-state index in [-0.39, 0.29) is 0 Å². The van der Waals surface area contributed by atoms with Gasteiger partial charge in [-0.2, -0.15) is 0 Å². The van der Waals surface area contributed by atoms with Gasteiger partial charge in [-0.25, -0.2) is 0 Å². The van der Waals surface area contributed by atoms with Gasteiger partial charge < -0.3 is 10.2 Å². The Morgan fingerprint density at radius 2 is 2.54 bits per heavy atom. The summed E-state index contributed by atoms with van der Waals surface area (Å²) >= 11 is 0. The van der Waals surface area contributed by atoms with E-state index in [0.29, 0.717) is 0 Å². The Kier molecular flexibility index (Phi) is 4.09. The third-order valence-electron chi connectivity index (χ3n) is 1.97. The lowest BCUT2D eigenvalue weighted by atomic mass is 10.2. The second kappa shape index (κ2) is 5.41. The molecule has 1 amide bonds. The van der Waals surface area contributed by atoms with Crippen molar-refractivity contribution in [3.8, 4) is 0 Å². The first-order valence-corrected chi connectivity index (χ1v) is 4.70. The van der Waals surface area contributed by atoms with Gasteiger partial charge in [-0.3, -0.25) is 4.79 Å². The third kappa shape index (κ3) is 3.32. The van der Waals surface area contributed by atoms with Gasteiger partial charge in [-0.05, 0) is 12.6 Å². The fourth-order valence-electron chi connectivity index (χ4n) is 1.26. The van der Waals surface area contributed by atoms with Crippen LogP contribution in [0.15, 0.2) is 24.2 Å². The second-order valence-electron chi connectivity index (χ2n) is 3.10. The van der Waals surface area contributed by atoms with E-state index in [9.17, 15) is 4.79 Å². The minimum Gasteiger partial charge on any atom is -0.353 e. The summed E-state index contributed by atoms with van der Waals surface area (Å²) in [6.07, 6.45) is 10.0. The van der Waals surface area contributed by atoms with Crippen molar-refractivity contribution < 1.29 is 4.79 Å². The lowest BCUT2D eigenvalue weighted by Gasteiger charge is -2.20. The Hall–Kier alpha value is -1.25. The average Bonchev–Trinajstić information content (AvgIpc) is 2.16. The molecule has 0 aromatic heterocycles. The molecule has 0 saturated carbocycles. The van der Waals surface area contributed by atoms with Crippen LogP contribution in [-0.2, 0) is 4.79 Å². The topological polar surface area (TPSA) is 32.3 Å². The first-order valence-electron chi connectivity index (χ1n) is 4.70. The summed E-state index contributed by atoms with van der Waals surface area (Å²) in [6.45, 7) is 3.19. The molecule has 0 aromatic rings. The van der Waals surface area contributed by atoms with Crippen LogP contribution in [0.3, 0.4) is 0 Å². The van der Waals surface area contributed by atoms with Gasteiger partial charge in [-0.15, -0.1) is 0 Å². The average molecular weight is 180 g/mol. The highest BCUT2D eigenvalue weighted by atomic mass is 16.1. The van der Waals surface area contributed by atoms with Crippen LogP contribution in [0.5, 0.6) is 0 Å². The number of carbonyl (C=O) groups is 1. The quantitative estimate of drug-likeness (QED) is 0.652. The maximum Gasteiger partial charge on any atom is 0.211 e. The van der Waals surface area contributed by atoms with Crippen LogP contribution in [0.25, 0.3) is 0 Å². The van der Waals surface area contributed by atoms with Crippen LogP contribution < -0.4 is 5.32 Å². The van der Waals surface area contributed by atoms with Crippen molar-refractivity contribution in [3.63, 3.8) is 0 Å². The summed E-state index contributed by atoms with van der Waals surface area (Å²) in [4.78, 5) is 12.3. The minimum absolute atomic E-state index is 0.725. The molecule has 0 aromatic carbocycles. The van der Waals surface area contributed by atoms with E-state index in [4.69, 9.17) is 0 Å². The van der Waals surface area contributed by atoms with E-state index in [2.05, 4.69) is 29.4 Å². The summed E-state index contributed by atoms with van der Waals surface area (Å²) in [5, 5.41) is 2.68. The predicted molar refractivity (Wildman–Crippen MR) is 52.7 cm³/mol. The van der Waals surface area contributed by atoms with Crippen molar-refractivity contribution in [1.29, 1.82) is 0 Å². The van der Waals surface area contributed by atoms with E-state index < -0.39 is 0 Å². The monoisotopic (exact) mass is 180 g/mol. The van der Waals surface area contributed by atoms with E-state index in [1.807, 2.05) is 6.20 Å². The van der Waals surface area contributed by atoms with E-state index in [1.165, 1.54) is 12.8 Å². The summed E-state index contributed by atoms with van der Waals surface area (Å²) in [6, 6.07) is 0. The summed E-state index contributed by atoms with van der Waals surface area (Å²) in [5.74, 6) is 0. The van der Waals surface area contributed by atoms with Crippen molar-refractivity contribution in [2.75, 3.05) is 6.54 Å². The van der Waals surface area contributed by atoms with Crippen molar-refractivity contribution in [2.45, 2.75) is 26.2 Å². The van der Waals surface area contributed by atoms with Gasteiger partial charge in [0.1, 0.15) is 0 Å². The molecule has 0 atom stereocenters. The molecule has 0 radical (unpaired) electrons. The van der Waals surface area contributed by atoms with Crippen molar-refractivity contribution in [3.05, 3.63) is 24.2 Å². The Morgan fingerprint density at radius 1 is 1.69 bits per heavy atom. The molecular formula is C10H16N2O. The highest BCUT2D eigenvalue weighted by Crippen LogP contribution is 2.09. The molecule has 0 aliphatic carbocycles. The van der Waals surface area contributed by atoms with Crippen molar-refractivity contribution >= 4 is 6.41 Å². The fourth-order valence-corrected chi connectivity index (χ4v) is 1.26. The van der Waals surface area contributed by atoms with Crippen LogP contribution in [0.2, 0.25) is 0 Å². The molecule has 0 bridgehead atoms. The largest absolute Gasteiger partial charge is 0.353 e. The summed E-state index contributed by atoms with van der Waals surface area (Å²) < 4.78 is 0. The second-order valence-corrected chi connectivity index (χ2v) is 3.10. The van der Waals surface area contributed by atoms with Crippen LogP contribution >= 0.6 is 0 Å². The zero-order chi connectivity index (χ0) is 9.52. The lowest BCUT2D eigenvalue weighted by Crippen LogP contribution is -2.20. The van der Waals surface area contributed by atoms with Crippen LogP contribution in [0.4, 0.5) is 0 Å². The van der Waals surface area contributed by atoms with E-state index in [1.54, 1.807) is 0 Å². The highest BCUT2D eigenvalue weighted by Gasteiger charge is 2.02. The Morgan fingerprint density at radius 3 is 3.23 bits per heavy atom. The molecule has 1 aliphatic rings. The normalized spacial score (nSPS) is 15.5. The zero-order valence-electron chi connectivity index (χ0n) is 7.99. The molecule has 0 fully saturated rings. The highest BCUT2D eigenvalue weighted by molar-refractivity contribution is 5.50. The number of amides is 1. The van der Waals surface area contributed by atoms with Crippen LogP contribution in [-0.4, -0.2) is 17.9 Å². The fraction of sp³-hybridized carbons (Fsp3) is 0.500. The van der Waals surface area contributed by atoms with Gasteiger partial charge >= 0.3 is 0 Å². The predicted octanol–water partition coefficient (Wildman–Crippen LogP) is 1.59. The standard InChI is InChI=1S/C10H16N2O/c1-2-3-6-12-7-4-5-10(8-12)11-9-13/h4,7-9H,2-3,5-6H2,1H3,(H,11,13). The molecule has 1 heterocycles. The Labute approximate surface area is 79.1 Å². The molecule has 0 saturated heterocycles. The van der Waals surface area contributed by atoms with E-state index >= 15 is 0 Å². The molecule has 1 N–H and O–H groups in total. The van der Waals surface area contributed by atoms with Gasteiger partial charge in [0.25, 0.3) is 0 Å². The Bertz CT molecular complexity index is 217. The maximum absolute atomic E-state index is 10.2. The first-order chi connectivity index (χ1) is 6.36. The number of nitrogens with one attached hydrogen (secondary N) is 1. The van der Waals surface area contributed by atoms with Gasteiger partial charge in [0.15, 0.2) is 0 Å². The summed E-state index contributed by atoms with van der Waals surface area (Å²) in [5.41, 5.74) is 0.966. The molecule has 1 rings (SSSR count). The smallest absolute Gasteiger partial charge is 0.211 e. The van der Waals surface area contributed by atoms with Crippen molar-refractivity contribution in [1.82, 2.24) is 10.2 Å². The molecule has 3 nitrogen and oxygen atoms in total. The van der Waals surface area contributed by atoms with Crippen LogP contribution in [0.1, 0.15) is 26.2 Å². The minimum atomic E-state index is 0.725. The molecule has 0 unspecified atom stereocenters. The van der Waals surface area contributed by atoms with Gasteiger partial charge in [-0.1, -0.05) is 19.4 Å². The van der Waals surface area contributed by atoms with Crippen molar-refractivity contribution in [2.24, 2.45) is 0 Å². The third-order valence-corrected chi connectivity index (χ3v) is 1.97. The SMILES string of the molecule is CCCCN1C=CCC(NC=O)=C1. The zero-order valence-corrected chi connectivity index (χ0v) is 7.99. The molecule has 72 valence electrons. The van der Waals surface area contributed by atoms with Gasteiger partial charge in [0.05, 0.1) is 0 Å². The number of hydrogen-bond donors (Lipinski definition) is 1. The molecule has 1 aliphatic heterocycles.